The number of hydrogen-bond donors (Lipinski definition) is 6. The first-order valence-corrected chi connectivity index (χ1v) is 18.5. The normalized spacial score (nSPS) is 16.0. The van der Waals surface area contributed by atoms with Gasteiger partial charge in [-0.15, -0.1) is 0 Å². The summed E-state index contributed by atoms with van der Waals surface area (Å²) in [5.74, 6) is -2.63. The molecule has 1 atom stereocenters. The van der Waals surface area contributed by atoms with Gasteiger partial charge in [-0.1, -0.05) is 26.8 Å². The van der Waals surface area contributed by atoms with E-state index < -0.39 is 32.4 Å². The molecule has 3 heterocycles. The SMILES string of the molecule is Cc1cc(F)c(Nc2ccnc3c2C(=O)Nc2cc(CN4CC[C@@H](NC(=O)O)C4)ccc2N3)cc1O[Si](C)(C)C(C)(C)C.O=C(O)C(F)(F)F. The Kier molecular flexibility index (Phi) is 11.0. The molecule has 2 aliphatic rings. The monoisotopic (exact) mass is 720 g/mol. The van der Waals surface area contributed by atoms with Crippen molar-refractivity contribution in [1.29, 1.82) is 0 Å². The molecule has 2 amide bonds. The molecule has 3 aromatic rings. The summed E-state index contributed by atoms with van der Waals surface area (Å²) in [5.41, 5.74) is 3.81. The minimum Gasteiger partial charge on any atom is -0.543 e. The van der Waals surface area contributed by atoms with Gasteiger partial charge in [0, 0.05) is 37.9 Å². The molecule has 270 valence electrons. The second-order valence-corrected chi connectivity index (χ2v) is 18.3. The largest absolute Gasteiger partial charge is 0.543 e. The lowest BCUT2D eigenvalue weighted by Crippen LogP contribution is -2.44. The Hall–Kier alpha value is -4.90. The van der Waals surface area contributed by atoms with E-state index in [2.05, 4.69) is 65.0 Å². The molecule has 0 spiro atoms. The van der Waals surface area contributed by atoms with E-state index in [1.807, 2.05) is 25.1 Å². The van der Waals surface area contributed by atoms with E-state index in [0.717, 1.165) is 18.5 Å². The average molecular weight is 721 g/mol. The Balaban J connectivity index is 0.000000727. The highest BCUT2D eigenvalue weighted by atomic mass is 28.4. The van der Waals surface area contributed by atoms with Crippen molar-refractivity contribution in [2.75, 3.05) is 29.0 Å². The topological polar surface area (TPSA) is 165 Å². The quantitative estimate of drug-likeness (QED) is 0.107. The lowest BCUT2D eigenvalue weighted by molar-refractivity contribution is -0.192. The van der Waals surface area contributed by atoms with E-state index in [1.165, 1.54) is 6.07 Å². The molecule has 50 heavy (non-hydrogen) atoms. The predicted molar refractivity (Wildman–Crippen MR) is 183 cm³/mol. The van der Waals surface area contributed by atoms with Crippen LogP contribution in [0.3, 0.4) is 0 Å². The van der Waals surface area contributed by atoms with Crippen LogP contribution in [0.25, 0.3) is 0 Å². The van der Waals surface area contributed by atoms with Crippen LogP contribution < -0.4 is 25.7 Å². The zero-order valence-electron chi connectivity index (χ0n) is 28.4. The number of pyridine rings is 1. The molecule has 0 saturated carbocycles. The number of amides is 2. The van der Waals surface area contributed by atoms with Crippen molar-refractivity contribution in [3.63, 3.8) is 0 Å². The van der Waals surface area contributed by atoms with Gasteiger partial charge in [-0.2, -0.15) is 13.2 Å². The van der Waals surface area contributed by atoms with Gasteiger partial charge in [-0.05, 0) is 66.9 Å². The number of nitrogens with zero attached hydrogens (tertiary/aromatic N) is 2. The van der Waals surface area contributed by atoms with Crippen molar-refractivity contribution in [3.8, 4) is 5.75 Å². The van der Waals surface area contributed by atoms with Crippen LogP contribution in [0.5, 0.6) is 5.75 Å². The first-order chi connectivity index (χ1) is 23.1. The van der Waals surface area contributed by atoms with Crippen LogP contribution in [0.4, 0.5) is 50.9 Å². The van der Waals surface area contributed by atoms with Gasteiger partial charge >= 0.3 is 18.2 Å². The third-order valence-corrected chi connectivity index (χ3v) is 13.1. The molecule has 2 aromatic carbocycles. The summed E-state index contributed by atoms with van der Waals surface area (Å²) in [4.78, 5) is 40.0. The molecule has 0 aliphatic carbocycles. The van der Waals surface area contributed by atoms with Gasteiger partial charge in [0.1, 0.15) is 22.9 Å². The maximum Gasteiger partial charge on any atom is 0.490 e. The molecule has 1 saturated heterocycles. The number of nitrogens with one attached hydrogen (secondary N) is 4. The van der Waals surface area contributed by atoms with Crippen molar-refractivity contribution in [2.45, 2.75) is 71.0 Å². The third kappa shape index (κ3) is 9.20. The maximum atomic E-state index is 15.2. The molecular formula is C33H40F4N6O6Si. The zero-order valence-corrected chi connectivity index (χ0v) is 29.4. The number of anilines is 5. The number of hydrogen-bond acceptors (Lipinski definition) is 8. The number of carbonyl (C=O) groups excluding carboxylic acids is 1. The van der Waals surface area contributed by atoms with Gasteiger partial charge in [0.05, 0.1) is 22.7 Å². The summed E-state index contributed by atoms with van der Waals surface area (Å²) in [7, 11) is -2.18. The molecule has 5 rings (SSSR count). The number of halogens is 4. The smallest absolute Gasteiger partial charge is 0.490 e. The van der Waals surface area contributed by atoms with E-state index in [-0.39, 0.29) is 28.2 Å². The Labute approximate surface area is 287 Å². The fourth-order valence-electron chi connectivity index (χ4n) is 5.06. The van der Waals surface area contributed by atoms with Crippen LogP contribution in [0.2, 0.25) is 18.1 Å². The van der Waals surface area contributed by atoms with Crippen LogP contribution in [0.15, 0.2) is 42.6 Å². The maximum absolute atomic E-state index is 15.2. The molecule has 0 bridgehead atoms. The molecule has 6 N–H and O–H groups in total. The average Bonchev–Trinajstić information content (AvgIpc) is 3.35. The van der Waals surface area contributed by atoms with Crippen LogP contribution in [-0.2, 0) is 11.3 Å². The number of carboxylic acid groups (broad SMARTS) is 2. The fourth-order valence-corrected chi connectivity index (χ4v) is 6.14. The van der Waals surface area contributed by atoms with E-state index in [9.17, 15) is 22.8 Å². The minimum atomic E-state index is -5.08. The number of benzene rings is 2. The molecule has 0 radical (unpaired) electrons. The standard InChI is InChI=1S/C31H39FN6O4Si.C2HF3O2/c1-18-13-21(32)24(15-26(18)42-43(5,6)31(2,3)4)35-23-9-11-33-28-27(23)29(39)37-25-14-19(7-8-22(25)36-28)16-38-12-10-20(17-38)34-30(40)41;3-2(4,5)1(6)7/h7-9,11,13-15,20,34H,10,12,16-17H2,1-6H3,(H,37,39)(H,40,41)(H2,33,35,36);(H,6,7)/t20-;/m1./s1. The van der Waals surface area contributed by atoms with Crippen LogP contribution >= 0.6 is 0 Å². The summed E-state index contributed by atoms with van der Waals surface area (Å²) in [5, 5.41) is 28.0. The van der Waals surface area contributed by atoms with Crippen molar-refractivity contribution in [1.82, 2.24) is 15.2 Å². The Morgan fingerprint density at radius 2 is 1.74 bits per heavy atom. The number of rotatable bonds is 7. The number of alkyl halides is 3. The summed E-state index contributed by atoms with van der Waals surface area (Å²) in [6.07, 6.45) is -3.79. The summed E-state index contributed by atoms with van der Waals surface area (Å²) in [6.45, 7) is 14.6. The van der Waals surface area contributed by atoms with E-state index >= 15 is 4.39 Å². The first kappa shape index (κ1) is 37.9. The number of aromatic nitrogens is 1. The second-order valence-electron chi connectivity index (χ2n) is 13.6. The molecule has 1 aromatic heterocycles. The highest BCUT2D eigenvalue weighted by molar-refractivity contribution is 6.74. The van der Waals surface area contributed by atoms with Crippen molar-refractivity contribution in [3.05, 3.63) is 65.1 Å². The number of fused-ring (bicyclic) bond motifs is 2. The first-order valence-electron chi connectivity index (χ1n) is 15.6. The van der Waals surface area contributed by atoms with Gasteiger partial charge < -0.3 is 35.9 Å². The number of aliphatic carboxylic acids is 1. The summed E-state index contributed by atoms with van der Waals surface area (Å²) < 4.78 is 53.5. The lowest BCUT2D eigenvalue weighted by Gasteiger charge is -2.37. The van der Waals surface area contributed by atoms with Crippen molar-refractivity contribution < 1.29 is 46.6 Å². The Morgan fingerprint density at radius 3 is 2.36 bits per heavy atom. The number of aryl methyl sites for hydroxylation is 1. The highest BCUT2D eigenvalue weighted by Gasteiger charge is 2.40. The Bertz CT molecular complexity index is 1780. The van der Waals surface area contributed by atoms with E-state index in [1.54, 1.807) is 18.3 Å². The zero-order chi connectivity index (χ0) is 37.2. The van der Waals surface area contributed by atoms with Crippen LogP contribution in [0, 0.1) is 12.7 Å². The Morgan fingerprint density at radius 1 is 1.06 bits per heavy atom. The molecular weight excluding hydrogens is 680 g/mol. The molecule has 0 unspecified atom stereocenters. The summed E-state index contributed by atoms with van der Waals surface area (Å²) in [6, 6.07) is 10.4. The predicted octanol–water partition coefficient (Wildman–Crippen LogP) is 7.44. The van der Waals surface area contributed by atoms with Crippen molar-refractivity contribution in [2.24, 2.45) is 0 Å². The van der Waals surface area contributed by atoms with E-state index in [4.69, 9.17) is 19.4 Å². The molecule has 1 fully saturated rings. The number of carbonyl (C=O) groups is 3. The van der Waals surface area contributed by atoms with Gasteiger partial charge in [0.2, 0.25) is 8.32 Å². The van der Waals surface area contributed by atoms with E-state index in [0.29, 0.717) is 47.3 Å². The number of likely N-dealkylation sites (tertiary alicyclic amines) is 1. The summed E-state index contributed by atoms with van der Waals surface area (Å²) >= 11 is 0. The van der Waals surface area contributed by atoms with Gasteiger partial charge in [-0.25, -0.2) is 19.0 Å². The van der Waals surface area contributed by atoms with Crippen LogP contribution in [-0.4, -0.2) is 71.7 Å². The van der Waals surface area contributed by atoms with Gasteiger partial charge in [0.25, 0.3) is 5.91 Å². The molecule has 2 aliphatic heterocycles. The van der Waals surface area contributed by atoms with Gasteiger partial charge in [0.15, 0.2) is 0 Å². The van der Waals surface area contributed by atoms with Gasteiger partial charge in [-0.3, -0.25) is 9.69 Å². The molecule has 17 heteroatoms. The van der Waals surface area contributed by atoms with Crippen LogP contribution in [0.1, 0.15) is 48.7 Å². The lowest BCUT2D eigenvalue weighted by atomic mass is 10.1. The second kappa shape index (κ2) is 14.5. The fraction of sp³-hybridized carbons (Fsp3) is 0.394. The third-order valence-electron chi connectivity index (χ3n) is 8.72. The number of carboxylic acids is 1. The minimum absolute atomic E-state index is 0.0308. The van der Waals surface area contributed by atoms with Crippen molar-refractivity contribution >= 4 is 54.9 Å². The highest BCUT2D eigenvalue weighted by Crippen LogP contribution is 2.40. The molecule has 12 nitrogen and oxygen atoms in total.